The zero-order valence-electron chi connectivity index (χ0n) is 15.7. The Labute approximate surface area is 164 Å². The highest BCUT2D eigenvalue weighted by Crippen LogP contribution is 2.18. The summed E-state index contributed by atoms with van der Waals surface area (Å²) in [6.07, 6.45) is 0. The van der Waals surface area contributed by atoms with Gasteiger partial charge in [-0.15, -0.1) is 0 Å². The summed E-state index contributed by atoms with van der Waals surface area (Å²) in [6.45, 7) is 4.46. The van der Waals surface area contributed by atoms with E-state index in [0.29, 0.717) is 37.6 Å². The number of sulfonamides is 1. The molecule has 1 heterocycles. The van der Waals surface area contributed by atoms with Gasteiger partial charge >= 0.3 is 5.97 Å². The lowest BCUT2D eigenvalue weighted by molar-refractivity contribution is 0.0444. The minimum absolute atomic E-state index is 0.167. The molecule has 8 heteroatoms. The first kappa shape index (κ1) is 20.4. The summed E-state index contributed by atoms with van der Waals surface area (Å²) in [4.78, 5) is 14.3. The fourth-order valence-corrected chi connectivity index (χ4v) is 4.44. The van der Waals surface area contributed by atoms with E-state index in [4.69, 9.17) is 4.74 Å². The summed E-state index contributed by atoms with van der Waals surface area (Å²) in [5.41, 5.74) is 1.19. The Morgan fingerprint density at radius 1 is 1.07 bits per heavy atom. The largest absolute Gasteiger partial charge is 0.461 e. The number of carbonyl (C=O) groups excluding carboxylic acids is 1. The van der Waals surface area contributed by atoms with Crippen molar-refractivity contribution >= 4 is 16.0 Å². The molecule has 150 valence electrons. The molecule has 1 aliphatic rings. The molecule has 1 aliphatic heterocycles. The van der Waals surface area contributed by atoms with Gasteiger partial charge in [0.25, 0.3) is 0 Å². The summed E-state index contributed by atoms with van der Waals surface area (Å²) in [7, 11) is -3.49. The van der Waals surface area contributed by atoms with Crippen molar-refractivity contribution in [3.05, 3.63) is 65.5 Å². The molecule has 3 rings (SSSR count). The minimum Gasteiger partial charge on any atom is -0.461 e. The van der Waals surface area contributed by atoms with E-state index < -0.39 is 21.8 Å². The standard InChI is InChI=1S/C20H23FN2O4S/c1-16-5-7-19(8-6-16)28(25,26)23-11-9-22(10-12-23)13-14-27-20(24)17-3-2-4-18(21)15-17/h2-8,15H,9-14H2,1H3. The molecule has 0 amide bonds. The minimum atomic E-state index is -3.49. The first-order chi connectivity index (χ1) is 13.4. The first-order valence-electron chi connectivity index (χ1n) is 9.08. The molecule has 0 saturated carbocycles. The van der Waals surface area contributed by atoms with Crippen molar-refractivity contribution in [2.24, 2.45) is 0 Å². The molecule has 0 radical (unpaired) electrons. The Kier molecular flexibility index (Phi) is 6.43. The van der Waals surface area contributed by atoms with E-state index in [0.717, 1.165) is 11.6 Å². The molecular weight excluding hydrogens is 383 g/mol. The van der Waals surface area contributed by atoms with Gasteiger partial charge in [0, 0.05) is 32.7 Å². The molecule has 6 nitrogen and oxygen atoms in total. The van der Waals surface area contributed by atoms with Crippen LogP contribution >= 0.6 is 0 Å². The molecule has 0 aromatic heterocycles. The SMILES string of the molecule is Cc1ccc(S(=O)(=O)N2CCN(CCOC(=O)c3cccc(F)c3)CC2)cc1. The second kappa shape index (κ2) is 8.81. The smallest absolute Gasteiger partial charge is 0.338 e. The third-order valence-electron chi connectivity index (χ3n) is 4.69. The molecule has 0 bridgehead atoms. The van der Waals surface area contributed by atoms with Gasteiger partial charge in [0.15, 0.2) is 0 Å². The fourth-order valence-electron chi connectivity index (χ4n) is 3.02. The molecule has 28 heavy (non-hydrogen) atoms. The number of rotatable bonds is 6. The van der Waals surface area contributed by atoms with Crippen LogP contribution in [-0.4, -0.2) is 62.9 Å². The number of halogens is 1. The number of ether oxygens (including phenoxy) is 1. The molecule has 0 atom stereocenters. The average molecular weight is 406 g/mol. The quantitative estimate of drug-likeness (QED) is 0.689. The van der Waals surface area contributed by atoms with Gasteiger partial charge in [-0.3, -0.25) is 4.90 Å². The Bertz CT molecular complexity index is 923. The topological polar surface area (TPSA) is 66.9 Å². The molecule has 1 saturated heterocycles. The molecular formula is C20H23FN2O4S. The van der Waals surface area contributed by atoms with E-state index in [2.05, 4.69) is 0 Å². The number of hydrogen-bond donors (Lipinski definition) is 0. The van der Waals surface area contributed by atoms with E-state index in [9.17, 15) is 17.6 Å². The normalized spacial score (nSPS) is 16.1. The van der Waals surface area contributed by atoms with E-state index >= 15 is 0 Å². The van der Waals surface area contributed by atoms with Gasteiger partial charge in [-0.05, 0) is 37.3 Å². The predicted octanol–water partition coefficient (Wildman–Crippen LogP) is 2.30. The van der Waals surface area contributed by atoms with E-state index in [1.165, 1.54) is 22.5 Å². The summed E-state index contributed by atoms with van der Waals surface area (Å²) >= 11 is 0. The second-order valence-electron chi connectivity index (χ2n) is 6.71. The van der Waals surface area contributed by atoms with Gasteiger partial charge in [-0.1, -0.05) is 23.8 Å². The van der Waals surface area contributed by atoms with E-state index in [1.54, 1.807) is 24.3 Å². The molecule has 2 aromatic rings. The third-order valence-corrected chi connectivity index (χ3v) is 6.60. The summed E-state index contributed by atoms with van der Waals surface area (Å²) in [6, 6.07) is 12.2. The lowest BCUT2D eigenvalue weighted by atomic mass is 10.2. The lowest BCUT2D eigenvalue weighted by Crippen LogP contribution is -2.49. The maximum absolute atomic E-state index is 13.1. The Morgan fingerprint density at radius 3 is 2.39 bits per heavy atom. The number of carbonyl (C=O) groups is 1. The van der Waals surface area contributed by atoms with Crippen LogP contribution in [0.5, 0.6) is 0 Å². The van der Waals surface area contributed by atoms with Crippen molar-refractivity contribution in [3.63, 3.8) is 0 Å². The summed E-state index contributed by atoms with van der Waals surface area (Å²) in [5.74, 6) is -1.06. The van der Waals surface area contributed by atoms with Crippen molar-refractivity contribution in [1.82, 2.24) is 9.21 Å². The average Bonchev–Trinajstić information content (AvgIpc) is 2.68. The van der Waals surface area contributed by atoms with Crippen LogP contribution in [0, 0.1) is 12.7 Å². The second-order valence-corrected chi connectivity index (χ2v) is 8.64. The number of nitrogens with zero attached hydrogens (tertiary/aromatic N) is 2. The van der Waals surface area contributed by atoms with Crippen LogP contribution in [-0.2, 0) is 14.8 Å². The van der Waals surface area contributed by atoms with Crippen LogP contribution in [0.15, 0.2) is 53.4 Å². The van der Waals surface area contributed by atoms with Crippen molar-refractivity contribution in [1.29, 1.82) is 0 Å². The monoisotopic (exact) mass is 406 g/mol. The highest BCUT2D eigenvalue weighted by atomic mass is 32.2. The lowest BCUT2D eigenvalue weighted by Gasteiger charge is -2.33. The van der Waals surface area contributed by atoms with Crippen molar-refractivity contribution in [2.45, 2.75) is 11.8 Å². The molecule has 0 aliphatic carbocycles. The van der Waals surface area contributed by atoms with E-state index in [1.807, 2.05) is 11.8 Å². The van der Waals surface area contributed by atoms with Gasteiger partial charge in [0.05, 0.1) is 10.5 Å². The van der Waals surface area contributed by atoms with Gasteiger partial charge in [0.1, 0.15) is 12.4 Å². The van der Waals surface area contributed by atoms with Crippen LogP contribution < -0.4 is 0 Å². The number of piperazine rings is 1. The molecule has 0 unspecified atom stereocenters. The van der Waals surface area contributed by atoms with Crippen LogP contribution in [0.25, 0.3) is 0 Å². The predicted molar refractivity (Wildman–Crippen MR) is 103 cm³/mol. The number of hydrogen-bond acceptors (Lipinski definition) is 5. The van der Waals surface area contributed by atoms with Crippen LogP contribution in [0.4, 0.5) is 4.39 Å². The first-order valence-corrected chi connectivity index (χ1v) is 10.5. The number of aryl methyl sites for hydroxylation is 1. The highest BCUT2D eigenvalue weighted by Gasteiger charge is 2.28. The third kappa shape index (κ3) is 4.95. The number of benzene rings is 2. The van der Waals surface area contributed by atoms with Crippen molar-refractivity contribution in [2.75, 3.05) is 39.3 Å². The molecule has 0 spiro atoms. The van der Waals surface area contributed by atoms with Crippen LogP contribution in [0.1, 0.15) is 15.9 Å². The number of esters is 1. The molecule has 1 fully saturated rings. The van der Waals surface area contributed by atoms with Crippen molar-refractivity contribution in [3.8, 4) is 0 Å². The summed E-state index contributed by atoms with van der Waals surface area (Å²) in [5, 5.41) is 0. The zero-order valence-corrected chi connectivity index (χ0v) is 16.5. The highest BCUT2D eigenvalue weighted by molar-refractivity contribution is 7.89. The Hall–Kier alpha value is -2.29. The van der Waals surface area contributed by atoms with Crippen LogP contribution in [0.3, 0.4) is 0 Å². The molecule has 0 N–H and O–H groups in total. The maximum Gasteiger partial charge on any atom is 0.338 e. The summed E-state index contributed by atoms with van der Waals surface area (Å²) < 4.78 is 45.2. The Morgan fingerprint density at radius 2 is 1.75 bits per heavy atom. The molecule has 2 aromatic carbocycles. The van der Waals surface area contributed by atoms with Crippen molar-refractivity contribution < 1.29 is 22.3 Å². The van der Waals surface area contributed by atoms with Gasteiger partial charge in [-0.25, -0.2) is 17.6 Å². The van der Waals surface area contributed by atoms with E-state index in [-0.39, 0.29) is 12.2 Å². The Balaban J connectivity index is 1.46. The fraction of sp³-hybridized carbons (Fsp3) is 0.350. The van der Waals surface area contributed by atoms with Gasteiger partial charge < -0.3 is 4.74 Å². The maximum atomic E-state index is 13.1. The zero-order chi connectivity index (χ0) is 20.1. The van der Waals surface area contributed by atoms with Gasteiger partial charge in [0.2, 0.25) is 10.0 Å². The van der Waals surface area contributed by atoms with Gasteiger partial charge in [-0.2, -0.15) is 4.31 Å². The van der Waals surface area contributed by atoms with Crippen LogP contribution in [0.2, 0.25) is 0 Å².